The minimum atomic E-state index is 0.880. The van der Waals surface area contributed by atoms with Gasteiger partial charge in [-0.25, -0.2) is 9.97 Å². The van der Waals surface area contributed by atoms with Gasteiger partial charge in [0.25, 0.3) is 0 Å². The molecule has 0 saturated carbocycles. The van der Waals surface area contributed by atoms with E-state index >= 15 is 0 Å². The predicted molar refractivity (Wildman–Crippen MR) is 133 cm³/mol. The molecule has 2 aromatic heterocycles. The molecule has 2 heterocycles. The smallest absolute Gasteiger partial charge is 0.0900 e. The maximum atomic E-state index is 5.12. The van der Waals surface area contributed by atoms with Gasteiger partial charge in [0, 0.05) is 21.9 Å². The van der Waals surface area contributed by atoms with E-state index in [0.29, 0.717) is 0 Å². The molecule has 4 aromatic carbocycles. The van der Waals surface area contributed by atoms with Crippen LogP contribution in [0.25, 0.3) is 55.4 Å². The van der Waals surface area contributed by atoms with Gasteiger partial charge in [0.2, 0.25) is 0 Å². The van der Waals surface area contributed by atoms with Crippen LogP contribution in [0.2, 0.25) is 0 Å². The van der Waals surface area contributed by atoms with Crippen LogP contribution in [0.4, 0.5) is 0 Å². The van der Waals surface area contributed by atoms with Crippen LogP contribution in [0.1, 0.15) is 0 Å². The van der Waals surface area contributed by atoms with Crippen LogP contribution in [-0.4, -0.2) is 9.97 Å². The zero-order valence-corrected chi connectivity index (χ0v) is 17.4. The van der Waals surface area contributed by atoms with Crippen molar-refractivity contribution < 1.29 is 0 Å². The van der Waals surface area contributed by atoms with Gasteiger partial charge in [0.1, 0.15) is 0 Å². The summed E-state index contributed by atoms with van der Waals surface area (Å²) < 4.78 is 0. The van der Waals surface area contributed by atoms with Crippen LogP contribution in [0, 0.1) is 0 Å². The van der Waals surface area contributed by atoms with Crippen molar-refractivity contribution in [1.82, 2.24) is 9.97 Å². The van der Waals surface area contributed by atoms with Crippen molar-refractivity contribution in [2.75, 3.05) is 0 Å². The van der Waals surface area contributed by atoms with Gasteiger partial charge in [-0.05, 0) is 22.9 Å². The van der Waals surface area contributed by atoms with Crippen LogP contribution in [0.5, 0.6) is 0 Å². The first kappa shape index (κ1) is 18.5. The first-order valence-electron chi connectivity index (χ1n) is 10.8. The Morgan fingerprint density at radius 1 is 0.375 bits per heavy atom. The molecule has 0 bridgehead atoms. The summed E-state index contributed by atoms with van der Waals surface area (Å²) in [5.74, 6) is 0. The number of fused-ring (bicyclic) bond motifs is 2. The van der Waals surface area contributed by atoms with Crippen molar-refractivity contribution in [3.05, 3.63) is 121 Å². The van der Waals surface area contributed by atoms with Crippen LogP contribution in [-0.2, 0) is 0 Å². The molecule has 32 heavy (non-hydrogen) atoms. The second-order valence-electron chi connectivity index (χ2n) is 7.89. The fourth-order valence-corrected chi connectivity index (χ4v) is 4.29. The highest BCUT2D eigenvalue weighted by molar-refractivity contribution is 5.99. The summed E-state index contributed by atoms with van der Waals surface area (Å²) in [4.78, 5) is 10.2. The third-order valence-corrected chi connectivity index (χ3v) is 5.84. The lowest BCUT2D eigenvalue weighted by atomic mass is 10.00. The van der Waals surface area contributed by atoms with Crippen LogP contribution >= 0.6 is 0 Å². The molecular weight excluding hydrogens is 388 g/mol. The number of nitrogens with zero attached hydrogens (tertiary/aromatic N) is 2. The minimum Gasteiger partial charge on any atom is -0.245 e. The zero-order valence-electron chi connectivity index (χ0n) is 17.4. The molecule has 0 aliphatic rings. The summed E-state index contributed by atoms with van der Waals surface area (Å²) in [5.41, 5.74) is 5.94. The second-order valence-corrected chi connectivity index (χ2v) is 7.89. The zero-order chi connectivity index (χ0) is 21.3. The quantitative estimate of drug-likeness (QED) is 0.299. The third-order valence-electron chi connectivity index (χ3n) is 5.84. The van der Waals surface area contributed by atoms with Crippen molar-refractivity contribution in [2.24, 2.45) is 0 Å². The topological polar surface area (TPSA) is 25.8 Å². The largest absolute Gasteiger partial charge is 0.245 e. The van der Waals surface area contributed by atoms with E-state index in [1.807, 2.05) is 12.1 Å². The van der Waals surface area contributed by atoms with E-state index in [0.717, 1.165) is 55.4 Å². The Balaban J connectivity index is 1.64. The molecule has 0 aliphatic heterocycles. The number of pyridine rings is 2. The van der Waals surface area contributed by atoms with Gasteiger partial charge in [-0.1, -0.05) is 109 Å². The van der Waals surface area contributed by atoms with Crippen molar-refractivity contribution in [3.8, 4) is 33.9 Å². The highest BCUT2D eigenvalue weighted by Crippen LogP contribution is 2.34. The van der Waals surface area contributed by atoms with Gasteiger partial charge >= 0.3 is 0 Å². The molecule has 0 N–H and O–H groups in total. The van der Waals surface area contributed by atoms with Gasteiger partial charge in [-0.2, -0.15) is 0 Å². The maximum absolute atomic E-state index is 5.12. The Morgan fingerprint density at radius 3 is 1.19 bits per heavy atom. The van der Waals surface area contributed by atoms with E-state index in [2.05, 4.69) is 109 Å². The number of hydrogen-bond acceptors (Lipinski definition) is 2. The molecule has 0 saturated heterocycles. The van der Waals surface area contributed by atoms with E-state index in [-0.39, 0.29) is 0 Å². The van der Waals surface area contributed by atoms with Crippen LogP contribution < -0.4 is 0 Å². The van der Waals surface area contributed by atoms with Gasteiger partial charge < -0.3 is 0 Å². The third kappa shape index (κ3) is 3.23. The first-order valence-corrected chi connectivity index (χ1v) is 10.8. The Hall–Kier alpha value is -4.30. The van der Waals surface area contributed by atoms with E-state index in [4.69, 9.17) is 9.97 Å². The molecule has 0 atom stereocenters. The lowest BCUT2D eigenvalue weighted by Crippen LogP contribution is -1.95. The number of rotatable bonds is 3. The van der Waals surface area contributed by atoms with Gasteiger partial charge in [-0.3, -0.25) is 0 Å². The predicted octanol–water partition coefficient (Wildman–Crippen LogP) is 7.78. The molecule has 2 heteroatoms. The summed E-state index contributed by atoms with van der Waals surface area (Å²) in [5, 5.41) is 4.61. The average Bonchev–Trinajstić information content (AvgIpc) is 2.88. The summed E-state index contributed by atoms with van der Waals surface area (Å²) >= 11 is 0. The standard InChI is InChI=1S/C30H20N2/c1-3-11-21(12-4-1)29-25-17-9-7-15-23(25)19-27(31-29)28-20-24-16-8-10-18-26(24)30(32-28)22-13-5-2-6-14-22/h1-20H. The second kappa shape index (κ2) is 7.75. The molecule has 2 nitrogen and oxygen atoms in total. The normalized spacial score (nSPS) is 11.1. The fraction of sp³-hybridized carbons (Fsp3) is 0. The highest BCUT2D eigenvalue weighted by atomic mass is 14.8. The van der Waals surface area contributed by atoms with Crippen molar-refractivity contribution in [3.63, 3.8) is 0 Å². The maximum Gasteiger partial charge on any atom is 0.0900 e. The molecular formula is C30H20N2. The summed E-state index contributed by atoms with van der Waals surface area (Å²) in [6.45, 7) is 0. The number of benzene rings is 4. The number of hydrogen-bond donors (Lipinski definition) is 0. The van der Waals surface area contributed by atoms with E-state index in [1.54, 1.807) is 0 Å². The van der Waals surface area contributed by atoms with Gasteiger partial charge in [0.15, 0.2) is 0 Å². The molecule has 0 aliphatic carbocycles. The van der Waals surface area contributed by atoms with Gasteiger partial charge in [-0.15, -0.1) is 0 Å². The van der Waals surface area contributed by atoms with Crippen molar-refractivity contribution >= 4 is 21.5 Å². The molecule has 150 valence electrons. The molecule has 0 fully saturated rings. The average molecular weight is 409 g/mol. The van der Waals surface area contributed by atoms with E-state index < -0.39 is 0 Å². The fourth-order valence-electron chi connectivity index (χ4n) is 4.29. The summed E-state index contributed by atoms with van der Waals surface area (Å²) in [6, 6.07) is 41.9. The monoisotopic (exact) mass is 408 g/mol. The SMILES string of the molecule is c1ccc(-c2nc(-c3cc4ccccc4c(-c4ccccc4)n3)cc3ccccc23)cc1. The molecule has 6 rings (SSSR count). The van der Waals surface area contributed by atoms with Crippen LogP contribution in [0.3, 0.4) is 0 Å². The van der Waals surface area contributed by atoms with Gasteiger partial charge in [0.05, 0.1) is 22.8 Å². The molecule has 0 radical (unpaired) electrons. The molecule has 0 unspecified atom stereocenters. The number of aromatic nitrogens is 2. The highest BCUT2D eigenvalue weighted by Gasteiger charge is 2.14. The first-order chi connectivity index (χ1) is 15.9. The summed E-state index contributed by atoms with van der Waals surface area (Å²) in [7, 11) is 0. The Kier molecular flexibility index (Phi) is 4.47. The molecule has 0 amide bonds. The minimum absolute atomic E-state index is 0.880. The molecule has 0 spiro atoms. The van der Waals surface area contributed by atoms with Crippen molar-refractivity contribution in [1.29, 1.82) is 0 Å². The van der Waals surface area contributed by atoms with Crippen LogP contribution in [0.15, 0.2) is 121 Å². The van der Waals surface area contributed by atoms with E-state index in [1.165, 1.54) is 0 Å². The molecule has 6 aromatic rings. The summed E-state index contributed by atoms with van der Waals surface area (Å²) in [6.07, 6.45) is 0. The Labute approximate surface area is 186 Å². The Bertz CT molecular complexity index is 1430. The lowest BCUT2D eigenvalue weighted by Gasteiger charge is -2.12. The van der Waals surface area contributed by atoms with E-state index in [9.17, 15) is 0 Å². The lowest BCUT2D eigenvalue weighted by molar-refractivity contribution is 1.28. The van der Waals surface area contributed by atoms with Crippen molar-refractivity contribution in [2.45, 2.75) is 0 Å². The Morgan fingerprint density at radius 2 is 0.750 bits per heavy atom.